The highest BCUT2D eigenvalue weighted by molar-refractivity contribution is 5.87. The number of nitrogens with two attached hydrogens (primary N) is 1. The highest BCUT2D eigenvalue weighted by Crippen LogP contribution is 1.92. The Labute approximate surface area is 130 Å². The summed E-state index contributed by atoms with van der Waals surface area (Å²) in [5, 5.41) is 12.4. The van der Waals surface area contributed by atoms with Crippen LogP contribution in [0.2, 0.25) is 0 Å². The monoisotopic (exact) mass is 311 g/mol. The predicted octanol–water partition coefficient (Wildman–Crippen LogP) is 0.283. The van der Waals surface area contributed by atoms with Gasteiger partial charge in [0.2, 0.25) is 11.8 Å². The molecule has 0 aliphatic rings. The Balaban J connectivity index is 0. The van der Waals surface area contributed by atoms with Crippen molar-refractivity contribution in [3.63, 3.8) is 0 Å². The number of benzene rings is 1. The van der Waals surface area contributed by atoms with E-state index in [2.05, 4.69) is 29.7 Å². The van der Waals surface area contributed by atoms with E-state index in [0.717, 1.165) is 0 Å². The fraction of sp³-hybridized carbons (Fsp3) is 0.400. The molecule has 1 aromatic carbocycles. The van der Waals surface area contributed by atoms with E-state index < -0.39 is 24.3 Å². The van der Waals surface area contributed by atoms with Crippen molar-refractivity contribution in [2.24, 2.45) is 5.73 Å². The second-order valence-electron chi connectivity index (χ2n) is 3.81. The number of aryl methyl sites for hydroxylation is 1. The van der Waals surface area contributed by atoms with E-state index >= 15 is 0 Å². The van der Waals surface area contributed by atoms with Crippen molar-refractivity contribution in [3.05, 3.63) is 35.9 Å². The molecule has 0 radical (unpaired) electrons. The molecule has 0 fully saturated rings. The number of carbonyl (C=O) groups excluding carboxylic acids is 2. The topological polar surface area (TPSA) is 122 Å². The Morgan fingerprint density at radius 2 is 1.50 bits per heavy atom. The molecule has 2 amide bonds. The van der Waals surface area contributed by atoms with Gasteiger partial charge >= 0.3 is 5.97 Å². The number of rotatable bonds is 5. The smallest absolute Gasteiger partial charge is 0.322 e. The number of carboxylic acids is 1. The molecule has 0 saturated heterocycles. The third-order valence-corrected chi connectivity index (χ3v) is 2.01. The molecule has 7 nitrogen and oxygen atoms in total. The summed E-state index contributed by atoms with van der Waals surface area (Å²) in [6.07, 6.45) is 0. The van der Waals surface area contributed by atoms with Crippen LogP contribution in [-0.2, 0) is 14.4 Å². The third kappa shape index (κ3) is 15.6. The molecule has 0 atom stereocenters. The van der Waals surface area contributed by atoms with Crippen LogP contribution < -0.4 is 16.4 Å². The van der Waals surface area contributed by atoms with E-state index in [1.165, 1.54) is 5.56 Å². The molecule has 0 aliphatic heterocycles. The van der Waals surface area contributed by atoms with E-state index in [9.17, 15) is 14.4 Å². The van der Waals surface area contributed by atoms with Gasteiger partial charge in [-0.1, -0.05) is 49.7 Å². The van der Waals surface area contributed by atoms with Crippen molar-refractivity contribution in [2.45, 2.75) is 20.8 Å². The molecule has 0 aliphatic carbocycles. The van der Waals surface area contributed by atoms with Crippen LogP contribution in [0.5, 0.6) is 0 Å². The number of amides is 2. The Kier molecular flexibility index (Phi) is 14.9. The van der Waals surface area contributed by atoms with Crippen molar-refractivity contribution < 1.29 is 19.5 Å². The minimum Gasteiger partial charge on any atom is -0.480 e. The predicted molar refractivity (Wildman–Crippen MR) is 85.2 cm³/mol. The second kappa shape index (κ2) is 15.0. The summed E-state index contributed by atoms with van der Waals surface area (Å²) in [5.74, 6) is -2.17. The van der Waals surface area contributed by atoms with Crippen LogP contribution in [0.25, 0.3) is 0 Å². The lowest BCUT2D eigenvalue weighted by Gasteiger charge is -2.03. The number of nitrogens with one attached hydrogen (secondary N) is 2. The van der Waals surface area contributed by atoms with Gasteiger partial charge in [-0.15, -0.1) is 0 Å². The lowest BCUT2D eigenvalue weighted by atomic mass is 10.2. The van der Waals surface area contributed by atoms with Gasteiger partial charge in [0.05, 0.1) is 13.1 Å². The van der Waals surface area contributed by atoms with Gasteiger partial charge in [0, 0.05) is 0 Å². The Morgan fingerprint density at radius 3 is 1.86 bits per heavy atom. The molecule has 0 saturated carbocycles. The number of carbonyl (C=O) groups is 3. The molecule has 0 unspecified atom stereocenters. The Morgan fingerprint density at radius 1 is 1.00 bits per heavy atom. The first-order chi connectivity index (χ1) is 10.5. The molecule has 7 heteroatoms. The molecular formula is C15H25N3O4. The lowest BCUT2D eigenvalue weighted by molar-refractivity contribution is -0.137. The SMILES string of the molecule is CC.Cc1ccccc1.NCC(=O)NCC(=O)NCC(=O)O. The van der Waals surface area contributed by atoms with Crippen LogP contribution in [0.4, 0.5) is 0 Å². The minimum absolute atomic E-state index is 0.202. The summed E-state index contributed by atoms with van der Waals surface area (Å²) in [4.78, 5) is 31.2. The number of hydrogen-bond acceptors (Lipinski definition) is 4. The van der Waals surface area contributed by atoms with Gasteiger partial charge in [-0.2, -0.15) is 0 Å². The first kappa shape index (κ1) is 21.9. The summed E-state index contributed by atoms with van der Waals surface area (Å²) in [7, 11) is 0. The summed E-state index contributed by atoms with van der Waals surface area (Å²) in [6, 6.07) is 10.3. The van der Waals surface area contributed by atoms with Crippen molar-refractivity contribution >= 4 is 17.8 Å². The molecule has 1 aromatic rings. The van der Waals surface area contributed by atoms with Crippen molar-refractivity contribution in [3.8, 4) is 0 Å². The van der Waals surface area contributed by atoms with E-state index in [4.69, 9.17) is 10.8 Å². The maximum atomic E-state index is 10.7. The first-order valence-corrected chi connectivity index (χ1v) is 6.92. The van der Waals surface area contributed by atoms with Crippen LogP contribution in [0.1, 0.15) is 19.4 Å². The van der Waals surface area contributed by atoms with Gasteiger partial charge in [0.1, 0.15) is 6.54 Å². The van der Waals surface area contributed by atoms with Gasteiger partial charge in [0.25, 0.3) is 0 Å². The van der Waals surface area contributed by atoms with Gasteiger partial charge in [0.15, 0.2) is 0 Å². The quantitative estimate of drug-likeness (QED) is 0.622. The molecule has 22 heavy (non-hydrogen) atoms. The zero-order valence-corrected chi connectivity index (χ0v) is 13.3. The van der Waals surface area contributed by atoms with Crippen LogP contribution in [0, 0.1) is 6.92 Å². The van der Waals surface area contributed by atoms with Gasteiger partial charge in [-0.05, 0) is 6.92 Å². The molecule has 5 N–H and O–H groups in total. The minimum atomic E-state index is -1.14. The molecule has 0 spiro atoms. The second-order valence-corrected chi connectivity index (χ2v) is 3.81. The third-order valence-electron chi connectivity index (χ3n) is 2.01. The van der Waals surface area contributed by atoms with Gasteiger partial charge < -0.3 is 21.5 Å². The fourth-order valence-electron chi connectivity index (χ4n) is 1.02. The first-order valence-electron chi connectivity index (χ1n) is 6.92. The Hall–Kier alpha value is -2.41. The number of carboxylic acid groups (broad SMARTS) is 1. The van der Waals surface area contributed by atoms with E-state index in [1.807, 2.05) is 32.0 Å². The van der Waals surface area contributed by atoms with Crippen LogP contribution >= 0.6 is 0 Å². The summed E-state index contributed by atoms with van der Waals surface area (Å²) < 4.78 is 0. The molecule has 124 valence electrons. The normalized spacial score (nSPS) is 8.36. The number of hydrogen-bond donors (Lipinski definition) is 4. The van der Waals surface area contributed by atoms with Crippen molar-refractivity contribution in [1.29, 1.82) is 0 Å². The zero-order chi connectivity index (χ0) is 17.4. The average Bonchev–Trinajstić information content (AvgIpc) is 2.53. The van der Waals surface area contributed by atoms with Crippen molar-refractivity contribution in [2.75, 3.05) is 19.6 Å². The molecule has 1 rings (SSSR count). The average molecular weight is 311 g/mol. The fourth-order valence-corrected chi connectivity index (χ4v) is 1.02. The van der Waals surface area contributed by atoms with Crippen LogP contribution in [0.15, 0.2) is 30.3 Å². The standard InChI is InChI=1S/C7H8.C6H11N3O4.C2H6/c1-7-5-3-2-4-6-7;7-1-4(10)8-2-5(11)9-3-6(12)13;1-2/h2-6H,1H3;1-3,7H2,(H,8,10)(H,9,11)(H,12,13);1-2H3. The molecule has 0 aromatic heterocycles. The highest BCUT2D eigenvalue weighted by atomic mass is 16.4. The van der Waals surface area contributed by atoms with Gasteiger partial charge in [-0.3, -0.25) is 14.4 Å². The van der Waals surface area contributed by atoms with Crippen LogP contribution in [-0.4, -0.2) is 42.5 Å². The maximum Gasteiger partial charge on any atom is 0.322 e. The summed E-state index contributed by atoms with van der Waals surface area (Å²) in [6.45, 7) is 5.16. The highest BCUT2D eigenvalue weighted by Gasteiger charge is 2.04. The van der Waals surface area contributed by atoms with Gasteiger partial charge in [-0.25, -0.2) is 0 Å². The summed E-state index contributed by atoms with van der Waals surface area (Å²) >= 11 is 0. The summed E-state index contributed by atoms with van der Waals surface area (Å²) in [5.41, 5.74) is 6.26. The van der Waals surface area contributed by atoms with E-state index in [-0.39, 0.29) is 13.1 Å². The van der Waals surface area contributed by atoms with Crippen LogP contribution in [0.3, 0.4) is 0 Å². The van der Waals surface area contributed by atoms with E-state index in [0.29, 0.717) is 0 Å². The van der Waals surface area contributed by atoms with Crippen molar-refractivity contribution in [1.82, 2.24) is 10.6 Å². The number of aliphatic carboxylic acids is 1. The molecule has 0 heterocycles. The maximum absolute atomic E-state index is 10.7. The zero-order valence-electron chi connectivity index (χ0n) is 13.3. The Bertz CT molecular complexity index is 436. The molecule has 0 bridgehead atoms. The molecular weight excluding hydrogens is 286 g/mol. The lowest BCUT2D eigenvalue weighted by Crippen LogP contribution is -2.40. The largest absolute Gasteiger partial charge is 0.480 e. The van der Waals surface area contributed by atoms with E-state index in [1.54, 1.807) is 0 Å².